The first-order valence-electron chi connectivity index (χ1n) is 17.2. The van der Waals surface area contributed by atoms with Gasteiger partial charge in [0, 0.05) is 31.3 Å². The number of nitrogens with zero attached hydrogens (tertiary/aromatic N) is 1. The van der Waals surface area contributed by atoms with Gasteiger partial charge in [-0.1, -0.05) is 53.9 Å². The van der Waals surface area contributed by atoms with Crippen molar-refractivity contribution in [3.63, 3.8) is 0 Å². The van der Waals surface area contributed by atoms with Gasteiger partial charge in [0.1, 0.15) is 5.60 Å². The minimum atomic E-state index is -3.97. The highest BCUT2D eigenvalue weighted by Crippen LogP contribution is 2.34. The van der Waals surface area contributed by atoms with Crippen molar-refractivity contribution in [3.05, 3.63) is 70.5 Å². The van der Waals surface area contributed by atoms with Crippen LogP contribution in [0.5, 0.6) is 0 Å². The van der Waals surface area contributed by atoms with E-state index in [1.807, 2.05) is 0 Å². The van der Waals surface area contributed by atoms with Crippen LogP contribution in [0.3, 0.4) is 0 Å². The number of halogens is 1. The Morgan fingerprint density at radius 1 is 1.33 bits per heavy atom. The highest BCUT2D eigenvalue weighted by atomic mass is 35.5. The molecule has 1 saturated heterocycles. The Labute approximate surface area is 179 Å². The van der Waals surface area contributed by atoms with Gasteiger partial charge in [-0.05, 0) is 62.8 Å². The molecule has 1 fully saturated rings. The van der Waals surface area contributed by atoms with Gasteiger partial charge in [0.25, 0.3) is 0 Å². The zero-order valence-corrected chi connectivity index (χ0v) is 13.2. The molecule has 0 radical (unpaired) electrons. The van der Waals surface area contributed by atoms with E-state index >= 15 is 0 Å². The molecule has 128 valence electrons. The Morgan fingerprint density at radius 2 is 2.04 bits per heavy atom. The van der Waals surface area contributed by atoms with Crippen LogP contribution in [0, 0.1) is 0 Å². The Balaban J connectivity index is 2.55. The van der Waals surface area contributed by atoms with E-state index in [9.17, 15) is 0 Å². The topological polar surface area (TPSA) is 12.5 Å². The summed E-state index contributed by atoms with van der Waals surface area (Å²) >= 11 is 5.90. The summed E-state index contributed by atoms with van der Waals surface area (Å²) in [7, 11) is 0.778. The van der Waals surface area contributed by atoms with Crippen LogP contribution in [0.1, 0.15) is 65.9 Å². The lowest BCUT2D eigenvalue weighted by atomic mass is 9.88. The molecule has 0 spiro atoms. The van der Waals surface area contributed by atoms with Crippen molar-refractivity contribution in [2.24, 2.45) is 0 Å². The molecule has 0 aliphatic carbocycles. The van der Waals surface area contributed by atoms with E-state index in [1.54, 1.807) is 0 Å². The molecule has 0 N–H and O–H groups in total. The lowest BCUT2D eigenvalue weighted by Gasteiger charge is -2.32. The molecule has 24 heavy (non-hydrogen) atoms. The third-order valence-electron chi connectivity index (χ3n) is 3.10. The van der Waals surface area contributed by atoms with E-state index in [1.165, 1.54) is 0 Å². The predicted octanol–water partition coefficient (Wildman–Crippen LogP) is 5.10. The summed E-state index contributed by atoms with van der Waals surface area (Å²) in [6.45, 7) is -10.9. The van der Waals surface area contributed by atoms with Gasteiger partial charge in [-0.15, -0.1) is 0 Å². The third-order valence-corrected chi connectivity index (χ3v) is 3.29. The van der Waals surface area contributed by atoms with Crippen LogP contribution in [0.4, 0.5) is 0 Å². The first kappa shape index (κ1) is 5.09. The molecule has 3 rings (SSSR count). The van der Waals surface area contributed by atoms with Crippen LogP contribution >= 0.6 is 11.6 Å². The Morgan fingerprint density at radius 3 is 2.67 bits per heavy atom. The van der Waals surface area contributed by atoms with Crippen molar-refractivity contribution >= 4 is 11.6 Å². The van der Waals surface area contributed by atoms with Gasteiger partial charge in [0.2, 0.25) is 0 Å². The molecule has 2 aromatic rings. The molecule has 1 aliphatic heterocycles. The molecule has 0 aromatic heterocycles. The number of rotatable bonds is 6. The van der Waals surface area contributed by atoms with E-state index in [4.69, 9.17) is 45.1 Å². The Bertz CT molecular complexity index is 1430. The average Bonchev–Trinajstić information content (AvgIpc) is 2.96. The third kappa shape index (κ3) is 3.83. The highest BCUT2D eigenvalue weighted by molar-refractivity contribution is 6.30. The fraction of sp³-hybridized carbons (Fsp3) is 0.429. The van der Waals surface area contributed by atoms with Crippen molar-refractivity contribution in [2.45, 2.75) is 37.6 Å². The summed E-state index contributed by atoms with van der Waals surface area (Å²) in [5.41, 5.74) is -6.52. The average molecular weight is 365 g/mol. The maximum absolute atomic E-state index is 8.79. The molecule has 1 heterocycles. The van der Waals surface area contributed by atoms with Crippen LogP contribution in [0.15, 0.2) is 54.4 Å². The van der Waals surface area contributed by atoms with E-state index in [0.717, 1.165) is 7.05 Å². The zero-order chi connectivity index (χ0) is 35.4. The smallest absolute Gasteiger partial charge is 0.115 e. The number of benzene rings is 2. The zero-order valence-electron chi connectivity index (χ0n) is 33.4. The fourth-order valence-electron chi connectivity index (χ4n) is 1.84. The van der Waals surface area contributed by atoms with Crippen molar-refractivity contribution in [1.29, 1.82) is 0 Å². The quantitative estimate of drug-likeness (QED) is 0.706. The summed E-state index contributed by atoms with van der Waals surface area (Å²) < 4.78 is 181. The number of ether oxygens (including phenoxy) is 1. The van der Waals surface area contributed by atoms with Crippen molar-refractivity contribution in [1.82, 2.24) is 4.90 Å². The van der Waals surface area contributed by atoms with Gasteiger partial charge in [-0.3, -0.25) is 0 Å². The first-order valence-corrected chi connectivity index (χ1v) is 7.08. The van der Waals surface area contributed by atoms with Crippen LogP contribution in [0.2, 0.25) is 5.02 Å². The monoisotopic (exact) mass is 364 g/mol. The lowest BCUT2D eigenvalue weighted by molar-refractivity contribution is -0.0117. The van der Waals surface area contributed by atoms with E-state index in [2.05, 4.69) is 0 Å². The standard InChI is InChI=1S/C21H26ClNO/c1-21(17-7-4-3-5-8-17,18-10-12-19(22)13-11-18)24-16-14-20-9-6-15-23(20)2/h3-5,7-8,10-13,20H,6,9,14-16H2,1-2H3/t20-,21-/m1/s1/i1D3,3D,4D,5D,6D2,7D,8D,9D2,10D,11D,12D,13D,15D2,16D2,20D. The van der Waals surface area contributed by atoms with Gasteiger partial charge in [0.15, 0.2) is 0 Å². The Hall–Kier alpha value is -1.35. The second-order valence-electron chi connectivity index (χ2n) is 4.66. The van der Waals surface area contributed by atoms with Crippen molar-refractivity contribution in [3.8, 4) is 0 Å². The molecule has 2 aromatic carbocycles. The maximum Gasteiger partial charge on any atom is 0.115 e. The second-order valence-corrected chi connectivity index (χ2v) is 5.04. The molecule has 0 bridgehead atoms. The summed E-state index contributed by atoms with van der Waals surface area (Å²) in [5.74, 6) is 0. The van der Waals surface area contributed by atoms with Crippen LogP contribution in [-0.4, -0.2) is 31.0 Å². The highest BCUT2D eigenvalue weighted by Gasteiger charge is 2.30. The molecule has 2 nitrogen and oxygen atoms in total. The van der Waals surface area contributed by atoms with Crippen LogP contribution < -0.4 is 0 Å². The fourth-order valence-corrected chi connectivity index (χ4v) is 1.93. The molecule has 0 saturated carbocycles. The molecular weight excluding hydrogens is 318 g/mol. The predicted molar refractivity (Wildman–Crippen MR) is 101 cm³/mol. The molecule has 1 aliphatic rings. The van der Waals surface area contributed by atoms with Crippen LogP contribution in [-0.2, 0) is 10.3 Å². The summed E-state index contributed by atoms with van der Waals surface area (Å²) in [6.07, 6.45) is -8.67. The van der Waals surface area contributed by atoms with E-state index in [0.29, 0.717) is 0 Å². The van der Waals surface area contributed by atoms with Crippen molar-refractivity contribution < 1.29 is 33.5 Å². The summed E-state index contributed by atoms with van der Waals surface area (Å²) in [4.78, 5) is 0.237. The second kappa shape index (κ2) is 7.69. The minimum Gasteiger partial charge on any atom is -0.366 e. The molecular formula is C21H26ClNO. The van der Waals surface area contributed by atoms with Gasteiger partial charge >= 0.3 is 0 Å². The van der Waals surface area contributed by atoms with E-state index < -0.39 is 121 Å². The lowest BCUT2D eigenvalue weighted by Crippen LogP contribution is -2.31. The summed E-state index contributed by atoms with van der Waals surface area (Å²) in [6, 6.07) is -13.8. The van der Waals surface area contributed by atoms with Gasteiger partial charge in [-0.2, -0.15) is 0 Å². The van der Waals surface area contributed by atoms with E-state index in [-0.39, 0.29) is 4.90 Å². The number of likely N-dealkylation sites (tertiary alicyclic amines) is 1. The van der Waals surface area contributed by atoms with Crippen LogP contribution in [0.25, 0.3) is 0 Å². The van der Waals surface area contributed by atoms with Gasteiger partial charge in [0.05, 0.1) is 15.1 Å². The normalized spacial score (nSPS) is 44.0. The Kier molecular flexibility index (Phi) is 1.63. The molecule has 2 atom stereocenters. The molecule has 0 unspecified atom stereocenters. The van der Waals surface area contributed by atoms with Gasteiger partial charge < -0.3 is 9.64 Å². The number of hydrogen-bond donors (Lipinski definition) is 0. The number of hydrogen-bond acceptors (Lipinski definition) is 2. The molecule has 0 amide bonds. The maximum atomic E-state index is 8.79. The molecule has 3 heteroatoms. The summed E-state index contributed by atoms with van der Waals surface area (Å²) in [5, 5.41) is -0.812. The van der Waals surface area contributed by atoms with Gasteiger partial charge in [-0.25, -0.2) is 0 Å². The SMILES string of the molecule is [2H]c1c([2H])c([2H])c([C@@](OC([2H])([2H])C[C@]2([2H])N(C)C([2H])([2H])C([2H])([2H])C2([2H])[2H])(c2c([2H])c([2H])c(Cl)c([2H])c2[2H])C([2H])([2H])[2H])c([2H])c1[2H]. The largest absolute Gasteiger partial charge is 0.366 e. The first-order chi connectivity index (χ1) is 19.9. The van der Waals surface area contributed by atoms with Crippen molar-refractivity contribution in [2.75, 3.05) is 20.1 Å². The minimum absolute atomic E-state index is 0.237.